The molecule has 4 rings (SSSR count). The molecule has 1 aliphatic heterocycles. The van der Waals surface area contributed by atoms with Crippen molar-refractivity contribution in [1.29, 1.82) is 0 Å². The number of methoxy groups -OCH3 is 1. The molecule has 0 aromatic heterocycles. The van der Waals surface area contributed by atoms with Crippen LogP contribution in [0.2, 0.25) is 0 Å². The summed E-state index contributed by atoms with van der Waals surface area (Å²) in [4.78, 5) is 39.4. The molecule has 10 nitrogen and oxygen atoms in total. The summed E-state index contributed by atoms with van der Waals surface area (Å²) in [5.74, 6) is 0.236. The van der Waals surface area contributed by atoms with E-state index in [-0.39, 0.29) is 42.7 Å². The monoisotopic (exact) mass is 545 g/mol. The average Bonchev–Trinajstić information content (AvgIpc) is 3.36. The standard InChI is InChI=1S/C29H43N3O7/c1-18(34)30-20-12-14-32(16-20)26(36)15-22-23(35)9-10-24-28(22,2)13-11-25(29(24,3)17-33)39-27(37)31-19-5-7-21(38-4)8-6-19/h5-8,20,22-25,33,35H,9-17H2,1-4H3,(H,30,34)(H,31,37)/t20-,22+,23+,24+,25+,28-,29-/m0/s1. The zero-order valence-electron chi connectivity index (χ0n) is 23.4. The molecule has 1 aromatic rings. The Bertz CT molecular complexity index is 1050. The lowest BCUT2D eigenvalue weighted by atomic mass is 9.46. The second kappa shape index (κ2) is 11.7. The first-order chi connectivity index (χ1) is 18.5. The van der Waals surface area contributed by atoms with Crippen LogP contribution in [-0.4, -0.2) is 78.1 Å². The minimum absolute atomic E-state index is 0.0169. The zero-order valence-corrected chi connectivity index (χ0v) is 23.4. The maximum Gasteiger partial charge on any atom is 0.411 e. The van der Waals surface area contributed by atoms with Crippen LogP contribution in [0.5, 0.6) is 5.75 Å². The molecule has 3 amide bonds. The van der Waals surface area contributed by atoms with Crippen LogP contribution in [0.1, 0.15) is 59.3 Å². The second-order valence-corrected chi connectivity index (χ2v) is 12.0. The van der Waals surface area contributed by atoms with Gasteiger partial charge in [-0.2, -0.15) is 0 Å². The van der Waals surface area contributed by atoms with Gasteiger partial charge in [-0.15, -0.1) is 0 Å². The first-order valence-electron chi connectivity index (χ1n) is 14.0. The normalized spacial score (nSPS) is 34.1. The van der Waals surface area contributed by atoms with Crippen molar-refractivity contribution in [3.05, 3.63) is 24.3 Å². The summed E-state index contributed by atoms with van der Waals surface area (Å²) >= 11 is 0. The number of hydrogen-bond donors (Lipinski definition) is 4. The van der Waals surface area contributed by atoms with Crippen molar-refractivity contribution in [1.82, 2.24) is 10.2 Å². The summed E-state index contributed by atoms with van der Waals surface area (Å²) in [6.07, 6.45) is 1.60. The molecule has 39 heavy (non-hydrogen) atoms. The first kappa shape index (κ1) is 29.1. The summed E-state index contributed by atoms with van der Waals surface area (Å²) in [5.41, 5.74) is -0.557. The fourth-order valence-electron chi connectivity index (χ4n) is 7.44. The third-order valence-electron chi connectivity index (χ3n) is 9.60. The number of carbonyl (C=O) groups is 3. The van der Waals surface area contributed by atoms with Crippen LogP contribution in [0.15, 0.2) is 24.3 Å². The molecule has 0 bridgehead atoms. The highest BCUT2D eigenvalue weighted by Gasteiger charge is 2.60. The van der Waals surface area contributed by atoms with E-state index < -0.39 is 29.1 Å². The number of nitrogens with one attached hydrogen (secondary N) is 2. The number of ether oxygens (including phenoxy) is 2. The molecule has 3 aliphatic rings. The summed E-state index contributed by atoms with van der Waals surface area (Å²) in [5, 5.41) is 27.4. The lowest BCUT2D eigenvalue weighted by Crippen LogP contribution is -2.61. The second-order valence-electron chi connectivity index (χ2n) is 12.0. The van der Waals surface area contributed by atoms with E-state index in [1.807, 2.05) is 6.92 Å². The number of amides is 3. The van der Waals surface area contributed by atoms with Crippen molar-refractivity contribution in [3.8, 4) is 5.75 Å². The molecule has 0 unspecified atom stereocenters. The van der Waals surface area contributed by atoms with E-state index in [2.05, 4.69) is 17.6 Å². The van der Waals surface area contributed by atoms with Crippen molar-refractivity contribution in [2.24, 2.45) is 22.7 Å². The minimum atomic E-state index is -0.726. The number of anilines is 1. The maximum absolute atomic E-state index is 13.3. The van der Waals surface area contributed by atoms with Crippen LogP contribution < -0.4 is 15.4 Å². The molecule has 1 heterocycles. The van der Waals surface area contributed by atoms with Gasteiger partial charge in [-0.3, -0.25) is 14.9 Å². The van der Waals surface area contributed by atoms with E-state index in [0.29, 0.717) is 50.2 Å². The van der Waals surface area contributed by atoms with Crippen molar-refractivity contribution >= 4 is 23.6 Å². The maximum atomic E-state index is 13.3. The van der Waals surface area contributed by atoms with E-state index in [4.69, 9.17) is 9.47 Å². The van der Waals surface area contributed by atoms with Gasteiger partial charge < -0.3 is 29.9 Å². The third-order valence-corrected chi connectivity index (χ3v) is 9.60. The van der Waals surface area contributed by atoms with Gasteiger partial charge in [-0.05, 0) is 73.6 Å². The smallest absolute Gasteiger partial charge is 0.411 e. The average molecular weight is 546 g/mol. The van der Waals surface area contributed by atoms with Gasteiger partial charge in [0.25, 0.3) is 0 Å². The highest BCUT2D eigenvalue weighted by molar-refractivity contribution is 5.84. The Morgan fingerprint density at radius 3 is 2.46 bits per heavy atom. The quantitative estimate of drug-likeness (QED) is 0.413. The lowest BCUT2D eigenvalue weighted by molar-refractivity contribution is -0.186. The van der Waals surface area contributed by atoms with Crippen molar-refractivity contribution < 1.29 is 34.1 Å². The molecule has 1 saturated heterocycles. The van der Waals surface area contributed by atoms with E-state index >= 15 is 0 Å². The van der Waals surface area contributed by atoms with E-state index in [1.165, 1.54) is 6.92 Å². The van der Waals surface area contributed by atoms with Crippen LogP contribution in [0.4, 0.5) is 10.5 Å². The Balaban J connectivity index is 1.44. The van der Waals surface area contributed by atoms with Crippen LogP contribution in [0, 0.1) is 22.7 Å². The molecular weight excluding hydrogens is 502 g/mol. The summed E-state index contributed by atoms with van der Waals surface area (Å²) in [6, 6.07) is 6.91. The molecule has 2 aliphatic carbocycles. The topological polar surface area (TPSA) is 137 Å². The molecule has 3 fully saturated rings. The molecule has 0 radical (unpaired) electrons. The number of benzene rings is 1. The van der Waals surface area contributed by atoms with E-state index in [1.54, 1.807) is 36.3 Å². The number of carbonyl (C=O) groups excluding carboxylic acids is 3. The number of fused-ring (bicyclic) bond motifs is 1. The summed E-state index contributed by atoms with van der Waals surface area (Å²) in [7, 11) is 1.57. The fourth-order valence-corrected chi connectivity index (χ4v) is 7.44. The van der Waals surface area contributed by atoms with Gasteiger partial charge in [0.05, 0.1) is 19.8 Å². The predicted molar refractivity (Wildman–Crippen MR) is 145 cm³/mol. The molecule has 10 heteroatoms. The predicted octanol–water partition coefficient (Wildman–Crippen LogP) is 2.93. The Morgan fingerprint density at radius 2 is 1.82 bits per heavy atom. The number of likely N-dealkylation sites (tertiary alicyclic amines) is 1. The highest BCUT2D eigenvalue weighted by atomic mass is 16.6. The molecule has 4 N–H and O–H groups in total. The van der Waals surface area contributed by atoms with Crippen LogP contribution in [0.3, 0.4) is 0 Å². The summed E-state index contributed by atoms with van der Waals surface area (Å²) in [6.45, 7) is 6.44. The van der Waals surface area contributed by atoms with Crippen LogP contribution in [0.25, 0.3) is 0 Å². The van der Waals surface area contributed by atoms with E-state index in [0.717, 1.165) is 6.42 Å². The molecular formula is C29H43N3O7. The Morgan fingerprint density at radius 1 is 1.10 bits per heavy atom. The van der Waals surface area contributed by atoms with Crippen molar-refractivity contribution in [2.75, 3.05) is 32.1 Å². The SMILES string of the molecule is COc1ccc(NC(=O)O[C@@H]2CC[C@]3(C)[C@@H](CC[C@@H](O)[C@H]3CC(=O)N3CC[C@H](NC(C)=O)C3)[C@]2(C)CO)cc1. The lowest BCUT2D eigenvalue weighted by Gasteiger charge is -2.60. The van der Waals surface area contributed by atoms with Crippen molar-refractivity contribution in [3.63, 3.8) is 0 Å². The van der Waals surface area contributed by atoms with Crippen LogP contribution in [-0.2, 0) is 14.3 Å². The summed E-state index contributed by atoms with van der Waals surface area (Å²) < 4.78 is 11.1. The Hall–Kier alpha value is -2.85. The molecule has 1 aromatic carbocycles. The number of hydrogen-bond acceptors (Lipinski definition) is 7. The van der Waals surface area contributed by atoms with E-state index in [9.17, 15) is 24.6 Å². The van der Waals surface area contributed by atoms with Gasteiger partial charge in [-0.1, -0.05) is 13.8 Å². The number of aliphatic hydroxyl groups excluding tert-OH is 2. The van der Waals surface area contributed by atoms with Gasteiger partial charge in [-0.25, -0.2) is 4.79 Å². The Kier molecular flexibility index (Phi) is 8.75. The number of nitrogens with zero attached hydrogens (tertiary/aromatic N) is 1. The van der Waals surface area contributed by atoms with Gasteiger partial charge in [0.2, 0.25) is 11.8 Å². The largest absolute Gasteiger partial charge is 0.497 e. The third kappa shape index (κ3) is 6.01. The van der Waals surface area contributed by atoms with Crippen LogP contribution >= 0.6 is 0 Å². The molecule has 2 saturated carbocycles. The van der Waals surface area contributed by atoms with Gasteiger partial charge in [0.1, 0.15) is 11.9 Å². The van der Waals surface area contributed by atoms with Gasteiger partial charge in [0, 0.05) is 43.6 Å². The number of rotatable bonds is 7. The Labute approximate surface area is 230 Å². The zero-order chi connectivity index (χ0) is 28.4. The molecule has 7 atom stereocenters. The molecule has 0 spiro atoms. The number of aliphatic hydroxyl groups is 2. The van der Waals surface area contributed by atoms with Gasteiger partial charge >= 0.3 is 6.09 Å². The highest BCUT2D eigenvalue weighted by Crippen LogP contribution is 2.61. The van der Waals surface area contributed by atoms with Gasteiger partial charge in [0.15, 0.2) is 0 Å². The minimum Gasteiger partial charge on any atom is -0.497 e. The first-order valence-corrected chi connectivity index (χ1v) is 14.0. The molecule has 216 valence electrons. The van der Waals surface area contributed by atoms with Crippen molar-refractivity contribution in [2.45, 2.75) is 77.5 Å². The fraction of sp³-hybridized carbons (Fsp3) is 0.690.